The molecular weight excluding hydrogens is 462 g/mol. The number of amides is 2. The van der Waals surface area contributed by atoms with Crippen molar-refractivity contribution in [2.75, 3.05) is 39.3 Å². The predicted molar refractivity (Wildman–Crippen MR) is 145 cm³/mol. The van der Waals surface area contributed by atoms with Gasteiger partial charge in [-0.15, -0.1) is 0 Å². The van der Waals surface area contributed by atoms with Crippen molar-refractivity contribution < 1.29 is 9.59 Å². The van der Waals surface area contributed by atoms with Crippen molar-refractivity contribution in [1.82, 2.24) is 24.9 Å². The fourth-order valence-electron chi connectivity index (χ4n) is 5.54. The zero-order valence-corrected chi connectivity index (χ0v) is 21.7. The molecule has 0 aliphatic carbocycles. The minimum absolute atomic E-state index is 0.00204. The van der Waals surface area contributed by atoms with Gasteiger partial charge in [-0.3, -0.25) is 9.59 Å². The van der Waals surface area contributed by atoms with E-state index in [1.165, 1.54) is 12.8 Å². The summed E-state index contributed by atoms with van der Waals surface area (Å²) < 4.78 is 1.79. The smallest absolute Gasteiger partial charge is 0.257 e. The highest BCUT2D eigenvalue weighted by atomic mass is 16.2. The van der Waals surface area contributed by atoms with E-state index < -0.39 is 0 Å². The van der Waals surface area contributed by atoms with Gasteiger partial charge in [-0.05, 0) is 56.8 Å². The fraction of sp³-hybridized carbons (Fsp3) is 0.433. The molecule has 1 unspecified atom stereocenters. The predicted octanol–water partition coefficient (Wildman–Crippen LogP) is 4.24. The Kier molecular flexibility index (Phi) is 7.99. The zero-order valence-electron chi connectivity index (χ0n) is 21.7. The van der Waals surface area contributed by atoms with E-state index in [0.717, 1.165) is 43.7 Å². The van der Waals surface area contributed by atoms with E-state index in [1.54, 1.807) is 4.68 Å². The summed E-state index contributed by atoms with van der Waals surface area (Å²) in [6.07, 6.45) is 6.05. The molecule has 0 saturated carbocycles. The molecule has 0 radical (unpaired) electrons. The summed E-state index contributed by atoms with van der Waals surface area (Å²) in [6.45, 7) is 7.28. The number of hydrogen-bond acceptors (Lipinski definition) is 4. The summed E-state index contributed by atoms with van der Waals surface area (Å²) in [5, 5.41) is 7.94. The number of rotatable bonds is 8. The molecule has 2 aliphatic heterocycles. The lowest BCUT2D eigenvalue weighted by Crippen LogP contribution is -2.43. The standard InChI is InChI=1S/C30H37N5O2/c1-23(29(36)31-16-21-33-17-8-9-18-33)24-14-19-34(20-15-24)30(37)27-22-35(26-12-6-3-7-13-26)32-28(27)25-10-4-2-5-11-25/h2-7,10-13,22-24H,8-9,14-21H2,1H3,(H,31,36). The second-order valence-electron chi connectivity index (χ2n) is 10.3. The summed E-state index contributed by atoms with van der Waals surface area (Å²) in [5.41, 5.74) is 3.15. The van der Waals surface area contributed by atoms with Crippen molar-refractivity contribution in [2.45, 2.75) is 32.6 Å². The van der Waals surface area contributed by atoms with E-state index in [-0.39, 0.29) is 23.7 Å². The van der Waals surface area contributed by atoms with E-state index in [2.05, 4.69) is 10.2 Å². The van der Waals surface area contributed by atoms with Gasteiger partial charge >= 0.3 is 0 Å². The van der Waals surface area contributed by atoms with Crippen LogP contribution in [0, 0.1) is 11.8 Å². The molecule has 2 fully saturated rings. The Morgan fingerprint density at radius 1 is 0.946 bits per heavy atom. The zero-order chi connectivity index (χ0) is 25.6. The minimum Gasteiger partial charge on any atom is -0.355 e. The maximum Gasteiger partial charge on any atom is 0.257 e. The van der Waals surface area contributed by atoms with Crippen molar-refractivity contribution in [1.29, 1.82) is 0 Å². The normalized spacial score (nSPS) is 17.6. The number of carbonyl (C=O) groups excluding carboxylic acids is 2. The Labute approximate surface area is 219 Å². The van der Waals surface area contributed by atoms with Crippen molar-refractivity contribution >= 4 is 11.8 Å². The Hall–Kier alpha value is -3.45. The van der Waals surface area contributed by atoms with Gasteiger partial charge < -0.3 is 15.1 Å². The molecule has 1 N–H and O–H groups in total. The number of aromatic nitrogens is 2. The molecule has 7 nitrogen and oxygen atoms in total. The highest BCUT2D eigenvalue weighted by Gasteiger charge is 2.31. The Bertz CT molecular complexity index is 1180. The van der Waals surface area contributed by atoms with Gasteiger partial charge in [0.2, 0.25) is 5.91 Å². The third kappa shape index (κ3) is 5.93. The van der Waals surface area contributed by atoms with Gasteiger partial charge in [-0.2, -0.15) is 5.10 Å². The maximum absolute atomic E-state index is 13.7. The molecule has 2 aliphatic rings. The number of piperidine rings is 1. The van der Waals surface area contributed by atoms with Gasteiger partial charge in [-0.25, -0.2) is 4.68 Å². The summed E-state index contributed by atoms with van der Waals surface area (Å²) in [6, 6.07) is 19.8. The first-order chi connectivity index (χ1) is 18.1. The van der Waals surface area contributed by atoms with Crippen LogP contribution in [0.5, 0.6) is 0 Å². The average molecular weight is 500 g/mol. The second kappa shape index (κ2) is 11.7. The SMILES string of the molecule is CC(C(=O)NCCN1CCCC1)C1CCN(C(=O)c2cn(-c3ccccc3)nc2-c2ccccc2)CC1. The quantitative estimate of drug-likeness (QED) is 0.503. The topological polar surface area (TPSA) is 70.5 Å². The molecular formula is C30H37N5O2. The average Bonchev–Trinajstić information content (AvgIpc) is 3.64. The van der Waals surface area contributed by atoms with Crippen LogP contribution in [0.4, 0.5) is 0 Å². The van der Waals surface area contributed by atoms with Gasteiger partial charge in [0.05, 0.1) is 11.3 Å². The molecule has 0 spiro atoms. The third-order valence-electron chi connectivity index (χ3n) is 7.89. The number of hydrogen-bond donors (Lipinski definition) is 1. The molecule has 194 valence electrons. The number of nitrogens with zero attached hydrogens (tertiary/aromatic N) is 4. The summed E-state index contributed by atoms with van der Waals surface area (Å²) in [4.78, 5) is 30.8. The summed E-state index contributed by atoms with van der Waals surface area (Å²) >= 11 is 0. The first-order valence-electron chi connectivity index (χ1n) is 13.6. The number of nitrogens with one attached hydrogen (secondary N) is 1. The third-order valence-corrected chi connectivity index (χ3v) is 7.89. The van der Waals surface area contributed by atoms with Crippen LogP contribution in [-0.4, -0.2) is 70.7 Å². The largest absolute Gasteiger partial charge is 0.355 e. The Morgan fingerprint density at radius 2 is 1.59 bits per heavy atom. The van der Waals surface area contributed by atoms with Crippen LogP contribution < -0.4 is 5.32 Å². The van der Waals surface area contributed by atoms with Crippen molar-refractivity contribution in [3.63, 3.8) is 0 Å². The Balaban J connectivity index is 1.22. The van der Waals surface area contributed by atoms with E-state index in [9.17, 15) is 9.59 Å². The lowest BCUT2D eigenvalue weighted by molar-refractivity contribution is -0.126. The molecule has 37 heavy (non-hydrogen) atoms. The molecule has 5 rings (SSSR count). The van der Waals surface area contributed by atoms with E-state index in [1.807, 2.05) is 78.7 Å². The minimum atomic E-state index is -0.0449. The van der Waals surface area contributed by atoms with E-state index in [4.69, 9.17) is 5.10 Å². The van der Waals surface area contributed by atoms with Crippen molar-refractivity contribution in [2.24, 2.45) is 11.8 Å². The first-order valence-corrected chi connectivity index (χ1v) is 13.6. The molecule has 0 bridgehead atoms. The van der Waals surface area contributed by atoms with Gasteiger partial charge in [0.25, 0.3) is 5.91 Å². The van der Waals surface area contributed by atoms with Crippen molar-refractivity contribution in [3.8, 4) is 16.9 Å². The molecule has 3 heterocycles. The van der Waals surface area contributed by atoms with Crippen LogP contribution in [0.3, 0.4) is 0 Å². The molecule has 1 atom stereocenters. The lowest BCUT2D eigenvalue weighted by Gasteiger charge is -2.34. The highest BCUT2D eigenvalue weighted by Crippen LogP contribution is 2.29. The maximum atomic E-state index is 13.7. The Morgan fingerprint density at radius 3 is 2.27 bits per heavy atom. The molecule has 7 heteroatoms. The van der Waals surface area contributed by atoms with Crippen LogP contribution in [0.25, 0.3) is 16.9 Å². The van der Waals surface area contributed by atoms with Crippen LogP contribution in [0.2, 0.25) is 0 Å². The van der Waals surface area contributed by atoms with Gasteiger partial charge in [0.15, 0.2) is 0 Å². The first kappa shape index (κ1) is 25.2. The summed E-state index contributed by atoms with van der Waals surface area (Å²) in [5.74, 6) is 0.384. The van der Waals surface area contributed by atoms with E-state index >= 15 is 0 Å². The molecule has 2 aromatic carbocycles. The summed E-state index contributed by atoms with van der Waals surface area (Å²) in [7, 11) is 0. The lowest BCUT2D eigenvalue weighted by atomic mass is 9.84. The number of para-hydroxylation sites is 1. The van der Waals surface area contributed by atoms with Crippen LogP contribution in [0.15, 0.2) is 66.9 Å². The number of likely N-dealkylation sites (tertiary alicyclic amines) is 2. The van der Waals surface area contributed by atoms with Gasteiger partial charge in [0.1, 0.15) is 5.69 Å². The van der Waals surface area contributed by atoms with Gasteiger partial charge in [0, 0.05) is 43.9 Å². The van der Waals surface area contributed by atoms with Crippen LogP contribution in [-0.2, 0) is 4.79 Å². The number of benzene rings is 2. The fourth-order valence-corrected chi connectivity index (χ4v) is 5.54. The monoisotopic (exact) mass is 499 g/mol. The molecule has 1 aromatic heterocycles. The number of carbonyl (C=O) groups is 2. The van der Waals surface area contributed by atoms with Crippen LogP contribution in [0.1, 0.15) is 43.0 Å². The van der Waals surface area contributed by atoms with Crippen LogP contribution >= 0.6 is 0 Å². The second-order valence-corrected chi connectivity index (χ2v) is 10.3. The van der Waals surface area contributed by atoms with Gasteiger partial charge in [-0.1, -0.05) is 55.5 Å². The molecule has 3 aromatic rings. The highest BCUT2D eigenvalue weighted by molar-refractivity contribution is 6.00. The van der Waals surface area contributed by atoms with E-state index in [0.29, 0.717) is 30.9 Å². The van der Waals surface area contributed by atoms with Crippen molar-refractivity contribution in [3.05, 3.63) is 72.4 Å². The molecule has 2 amide bonds. The molecule has 2 saturated heterocycles.